The Balaban J connectivity index is 3.09. The number of hydrogen-bond donors (Lipinski definition) is 1. The van der Waals surface area contributed by atoms with Crippen LogP contribution >= 0.6 is 23.2 Å². The number of rotatable bonds is 3. The monoisotopic (exact) mass is 231 g/mol. The number of azide groups is 1. The highest BCUT2D eigenvalue weighted by molar-refractivity contribution is 6.34. The summed E-state index contributed by atoms with van der Waals surface area (Å²) in [6.45, 7) is -0.277. The van der Waals surface area contributed by atoms with Crippen molar-refractivity contribution in [1.29, 1.82) is 0 Å². The van der Waals surface area contributed by atoms with Crippen LogP contribution in [0.15, 0.2) is 23.3 Å². The van der Waals surface area contributed by atoms with Crippen LogP contribution in [0, 0.1) is 0 Å². The third-order valence-electron chi connectivity index (χ3n) is 1.63. The van der Waals surface area contributed by atoms with Crippen molar-refractivity contribution in [2.75, 3.05) is 6.61 Å². The van der Waals surface area contributed by atoms with Crippen molar-refractivity contribution in [3.8, 4) is 0 Å². The van der Waals surface area contributed by atoms with E-state index in [1.165, 1.54) is 0 Å². The molecule has 0 radical (unpaired) electrons. The molecule has 74 valence electrons. The van der Waals surface area contributed by atoms with Gasteiger partial charge in [0.15, 0.2) is 0 Å². The van der Waals surface area contributed by atoms with E-state index in [9.17, 15) is 0 Å². The molecule has 0 aliphatic rings. The molecule has 0 unspecified atom stereocenters. The second-order valence-corrected chi connectivity index (χ2v) is 3.48. The van der Waals surface area contributed by atoms with E-state index in [2.05, 4.69) is 10.0 Å². The van der Waals surface area contributed by atoms with Crippen LogP contribution in [0.1, 0.15) is 11.6 Å². The predicted molar refractivity (Wildman–Crippen MR) is 55.4 cm³/mol. The van der Waals surface area contributed by atoms with Crippen LogP contribution in [0.25, 0.3) is 10.4 Å². The van der Waals surface area contributed by atoms with Crippen LogP contribution in [-0.2, 0) is 0 Å². The van der Waals surface area contributed by atoms with E-state index in [-0.39, 0.29) is 6.61 Å². The average molecular weight is 232 g/mol. The fraction of sp³-hybridized carbons (Fsp3) is 0.250. The van der Waals surface area contributed by atoms with Crippen LogP contribution < -0.4 is 0 Å². The number of halogens is 2. The lowest BCUT2D eigenvalue weighted by atomic mass is 10.1. The van der Waals surface area contributed by atoms with Gasteiger partial charge in [0.25, 0.3) is 0 Å². The van der Waals surface area contributed by atoms with E-state index in [1.54, 1.807) is 18.2 Å². The summed E-state index contributed by atoms with van der Waals surface area (Å²) < 4.78 is 0. The fourth-order valence-electron chi connectivity index (χ4n) is 1.04. The maximum atomic E-state index is 8.94. The third kappa shape index (κ3) is 2.79. The van der Waals surface area contributed by atoms with Crippen molar-refractivity contribution in [2.45, 2.75) is 6.04 Å². The Morgan fingerprint density at radius 1 is 1.36 bits per heavy atom. The summed E-state index contributed by atoms with van der Waals surface area (Å²) in [6.07, 6.45) is 0. The van der Waals surface area contributed by atoms with Gasteiger partial charge in [-0.3, -0.25) is 0 Å². The summed E-state index contributed by atoms with van der Waals surface area (Å²) in [6, 6.07) is 4.12. The topological polar surface area (TPSA) is 69.0 Å². The molecule has 0 saturated carbocycles. The zero-order chi connectivity index (χ0) is 10.6. The molecule has 1 atom stereocenters. The van der Waals surface area contributed by atoms with Gasteiger partial charge < -0.3 is 5.11 Å². The van der Waals surface area contributed by atoms with Crippen molar-refractivity contribution in [1.82, 2.24) is 0 Å². The van der Waals surface area contributed by atoms with Gasteiger partial charge in [-0.2, -0.15) is 0 Å². The van der Waals surface area contributed by atoms with Crippen molar-refractivity contribution < 1.29 is 5.11 Å². The number of nitrogens with zero attached hydrogens (tertiary/aromatic N) is 3. The van der Waals surface area contributed by atoms with Crippen LogP contribution in [0.2, 0.25) is 10.0 Å². The highest BCUT2D eigenvalue weighted by atomic mass is 35.5. The standard InChI is InChI=1S/C8H7Cl2N3O/c9-6-1-5(2-7(10)3-6)8(4-14)12-13-11/h1-3,8,14H,4H2/t8-/m1/s1. The second kappa shape index (κ2) is 5.08. The number of benzene rings is 1. The quantitative estimate of drug-likeness (QED) is 0.484. The van der Waals surface area contributed by atoms with Crippen molar-refractivity contribution in [3.05, 3.63) is 44.3 Å². The first-order valence-electron chi connectivity index (χ1n) is 3.78. The molecule has 1 N–H and O–H groups in total. The summed E-state index contributed by atoms with van der Waals surface area (Å²) in [5, 5.41) is 13.2. The molecule has 1 aromatic rings. The van der Waals surface area contributed by atoms with E-state index < -0.39 is 6.04 Å². The molecule has 14 heavy (non-hydrogen) atoms. The molecule has 0 amide bonds. The van der Waals surface area contributed by atoms with Crippen LogP contribution in [0.3, 0.4) is 0 Å². The summed E-state index contributed by atoms with van der Waals surface area (Å²) in [5.41, 5.74) is 8.85. The Bertz CT molecular complexity index is 357. The molecule has 0 saturated heterocycles. The van der Waals surface area contributed by atoms with Gasteiger partial charge in [0, 0.05) is 15.0 Å². The van der Waals surface area contributed by atoms with Crippen LogP contribution in [0.5, 0.6) is 0 Å². The minimum Gasteiger partial charge on any atom is -0.396 e. The molecule has 0 bridgehead atoms. The van der Waals surface area contributed by atoms with Gasteiger partial charge in [0.05, 0.1) is 12.6 Å². The maximum absolute atomic E-state index is 8.94. The molecule has 1 aromatic carbocycles. The molecule has 0 heterocycles. The highest BCUT2D eigenvalue weighted by Crippen LogP contribution is 2.25. The molecule has 0 spiro atoms. The van der Waals surface area contributed by atoms with Crippen molar-refractivity contribution in [3.63, 3.8) is 0 Å². The first-order valence-corrected chi connectivity index (χ1v) is 4.54. The van der Waals surface area contributed by atoms with Crippen LogP contribution in [0.4, 0.5) is 0 Å². The number of aliphatic hydroxyl groups excluding tert-OH is 1. The zero-order valence-corrected chi connectivity index (χ0v) is 8.57. The molecule has 0 aliphatic carbocycles. The minimum absolute atomic E-state index is 0.277. The smallest absolute Gasteiger partial charge is 0.0857 e. The number of hydrogen-bond acceptors (Lipinski definition) is 2. The van der Waals surface area contributed by atoms with E-state index in [4.69, 9.17) is 33.8 Å². The normalized spacial score (nSPS) is 11.9. The SMILES string of the molecule is [N-]=[N+]=N[C@H](CO)c1cc(Cl)cc(Cl)c1. The molecule has 4 nitrogen and oxygen atoms in total. The summed E-state index contributed by atoms with van der Waals surface area (Å²) in [7, 11) is 0. The highest BCUT2D eigenvalue weighted by Gasteiger charge is 2.09. The summed E-state index contributed by atoms with van der Waals surface area (Å²) in [5.74, 6) is 0. The van der Waals surface area contributed by atoms with Gasteiger partial charge >= 0.3 is 0 Å². The van der Waals surface area contributed by atoms with E-state index in [0.717, 1.165) is 0 Å². The van der Waals surface area contributed by atoms with Gasteiger partial charge in [-0.1, -0.05) is 28.3 Å². The maximum Gasteiger partial charge on any atom is 0.0857 e. The lowest BCUT2D eigenvalue weighted by Gasteiger charge is -2.08. The van der Waals surface area contributed by atoms with Gasteiger partial charge in [-0.15, -0.1) is 0 Å². The molecule has 1 rings (SSSR count). The van der Waals surface area contributed by atoms with Gasteiger partial charge in [0.2, 0.25) is 0 Å². The number of aliphatic hydroxyl groups is 1. The Kier molecular flexibility index (Phi) is 4.04. The largest absolute Gasteiger partial charge is 0.396 e. The Hall–Kier alpha value is -0.930. The fourth-order valence-corrected chi connectivity index (χ4v) is 1.58. The lowest BCUT2D eigenvalue weighted by molar-refractivity contribution is 0.268. The first-order chi connectivity index (χ1) is 6.67. The van der Waals surface area contributed by atoms with E-state index in [1.807, 2.05) is 0 Å². The Labute approximate surface area is 90.7 Å². The zero-order valence-electron chi connectivity index (χ0n) is 7.06. The molecular formula is C8H7Cl2N3O. The lowest BCUT2D eigenvalue weighted by Crippen LogP contribution is -1.99. The third-order valence-corrected chi connectivity index (χ3v) is 2.07. The molecular weight excluding hydrogens is 225 g/mol. The van der Waals surface area contributed by atoms with E-state index >= 15 is 0 Å². The second-order valence-electron chi connectivity index (χ2n) is 2.61. The van der Waals surface area contributed by atoms with Crippen molar-refractivity contribution >= 4 is 23.2 Å². The average Bonchev–Trinajstić information content (AvgIpc) is 2.12. The molecule has 0 aromatic heterocycles. The van der Waals surface area contributed by atoms with Crippen molar-refractivity contribution in [2.24, 2.45) is 5.11 Å². The summed E-state index contributed by atoms with van der Waals surface area (Å²) in [4.78, 5) is 2.62. The first kappa shape index (κ1) is 11.1. The van der Waals surface area contributed by atoms with Gasteiger partial charge in [0.1, 0.15) is 0 Å². The Morgan fingerprint density at radius 3 is 2.36 bits per heavy atom. The molecule has 0 fully saturated rings. The van der Waals surface area contributed by atoms with Gasteiger partial charge in [-0.25, -0.2) is 0 Å². The van der Waals surface area contributed by atoms with Crippen LogP contribution in [-0.4, -0.2) is 11.7 Å². The van der Waals surface area contributed by atoms with Gasteiger partial charge in [-0.05, 0) is 29.3 Å². The summed E-state index contributed by atoms with van der Waals surface area (Å²) >= 11 is 11.5. The Morgan fingerprint density at radius 2 is 1.93 bits per heavy atom. The predicted octanol–water partition coefficient (Wildman–Crippen LogP) is 3.34. The van der Waals surface area contributed by atoms with E-state index in [0.29, 0.717) is 15.6 Å². The molecule has 0 aliphatic heterocycles. The molecule has 6 heteroatoms. The minimum atomic E-state index is -0.642.